The minimum atomic E-state index is -0.324. The van der Waals surface area contributed by atoms with Crippen LogP contribution in [0.4, 0.5) is 4.39 Å². The normalized spacial score (nSPS) is 18.1. The standard InChI is InChI=1S/C29H28FN3O3/c1-18-25-13-23(34)6-9-27(25)36-29(28(18)21-2-3-22-15-31-32-26(22)12-21)20-4-7-24(8-5-20)35-11-10-33-16-19(14-30)17-33/h2-9,12-13,15,19,29,34H,10-11,14,16-17H2,1H3,(H,31,32). The van der Waals surface area contributed by atoms with E-state index in [2.05, 4.69) is 34.2 Å². The van der Waals surface area contributed by atoms with Crippen LogP contribution in [-0.2, 0) is 0 Å². The fourth-order valence-corrected chi connectivity index (χ4v) is 5.14. The average Bonchev–Trinajstić information content (AvgIpc) is 3.34. The summed E-state index contributed by atoms with van der Waals surface area (Å²) in [6.45, 7) is 4.84. The maximum atomic E-state index is 12.6. The Morgan fingerprint density at radius 3 is 2.75 bits per heavy atom. The number of rotatable bonds is 7. The number of aromatic amines is 1. The first-order valence-corrected chi connectivity index (χ1v) is 12.2. The van der Waals surface area contributed by atoms with Gasteiger partial charge in [0.2, 0.25) is 0 Å². The molecule has 0 bridgehead atoms. The van der Waals surface area contributed by atoms with Crippen LogP contribution >= 0.6 is 0 Å². The Morgan fingerprint density at radius 1 is 1.11 bits per heavy atom. The monoisotopic (exact) mass is 485 g/mol. The van der Waals surface area contributed by atoms with Crippen LogP contribution in [0, 0.1) is 5.92 Å². The summed E-state index contributed by atoms with van der Waals surface area (Å²) in [7, 11) is 0. The number of hydrogen-bond donors (Lipinski definition) is 2. The van der Waals surface area contributed by atoms with Crippen molar-refractivity contribution in [3.05, 3.63) is 83.6 Å². The minimum absolute atomic E-state index is 0.188. The Kier molecular flexibility index (Phi) is 5.85. The third-order valence-corrected chi connectivity index (χ3v) is 7.14. The molecule has 0 saturated carbocycles. The van der Waals surface area contributed by atoms with E-state index >= 15 is 0 Å². The number of nitrogens with one attached hydrogen (secondary N) is 1. The van der Waals surface area contributed by atoms with Crippen LogP contribution in [0.5, 0.6) is 17.2 Å². The Morgan fingerprint density at radius 2 is 1.94 bits per heavy atom. The van der Waals surface area contributed by atoms with Crippen LogP contribution in [0.25, 0.3) is 22.0 Å². The summed E-state index contributed by atoms with van der Waals surface area (Å²) in [6.07, 6.45) is 1.48. The largest absolute Gasteiger partial charge is 0.508 e. The van der Waals surface area contributed by atoms with Crippen molar-refractivity contribution in [2.24, 2.45) is 5.92 Å². The van der Waals surface area contributed by atoms with Crippen molar-refractivity contribution in [1.82, 2.24) is 15.1 Å². The number of H-pyrrole nitrogens is 1. The fraction of sp³-hybridized carbons (Fsp3) is 0.276. The number of nitrogens with zero attached hydrogens (tertiary/aromatic N) is 2. The highest BCUT2D eigenvalue weighted by molar-refractivity contribution is 5.97. The van der Waals surface area contributed by atoms with Crippen LogP contribution in [0.2, 0.25) is 0 Å². The lowest BCUT2D eigenvalue weighted by molar-refractivity contribution is 0.0668. The SMILES string of the molecule is CC1=C(c2ccc3cn[nH]c3c2)C(c2ccc(OCCN3CC(CF)C3)cc2)Oc2ccc(O)cc21. The maximum absolute atomic E-state index is 12.6. The number of phenols is 1. The van der Waals surface area contributed by atoms with Gasteiger partial charge >= 0.3 is 0 Å². The highest BCUT2D eigenvalue weighted by Crippen LogP contribution is 2.47. The quantitative estimate of drug-likeness (QED) is 0.356. The number of likely N-dealkylation sites (tertiary alicyclic amines) is 1. The molecule has 0 aliphatic carbocycles. The number of halogens is 1. The number of aromatic nitrogens is 2. The van der Waals surface area contributed by atoms with Gasteiger partial charge in [-0.05, 0) is 60.0 Å². The summed E-state index contributed by atoms with van der Waals surface area (Å²) in [5, 5.41) is 18.4. The number of ether oxygens (including phenoxy) is 2. The molecule has 184 valence electrons. The van der Waals surface area contributed by atoms with Gasteiger partial charge in [0, 0.05) is 42.1 Å². The molecule has 4 aromatic rings. The highest BCUT2D eigenvalue weighted by Gasteiger charge is 2.30. The van der Waals surface area contributed by atoms with Gasteiger partial charge in [0.15, 0.2) is 0 Å². The molecule has 2 aliphatic heterocycles. The summed E-state index contributed by atoms with van der Waals surface area (Å²) in [5.41, 5.74) is 5.97. The third-order valence-electron chi connectivity index (χ3n) is 7.14. The minimum Gasteiger partial charge on any atom is -0.508 e. The predicted octanol–water partition coefficient (Wildman–Crippen LogP) is 5.61. The van der Waals surface area contributed by atoms with Crippen molar-refractivity contribution in [1.29, 1.82) is 0 Å². The molecule has 2 N–H and O–H groups in total. The van der Waals surface area contributed by atoms with Gasteiger partial charge in [0.05, 0.1) is 18.4 Å². The number of benzene rings is 3. The van der Waals surface area contributed by atoms with Crippen LogP contribution in [0.15, 0.2) is 66.9 Å². The van der Waals surface area contributed by atoms with Crippen molar-refractivity contribution in [2.45, 2.75) is 13.0 Å². The second kappa shape index (κ2) is 9.32. The molecule has 0 radical (unpaired) electrons. The zero-order valence-electron chi connectivity index (χ0n) is 20.1. The maximum Gasteiger partial charge on any atom is 0.150 e. The van der Waals surface area contributed by atoms with E-state index in [1.807, 2.05) is 42.6 Å². The number of alkyl halides is 1. The fourth-order valence-electron chi connectivity index (χ4n) is 5.14. The van der Waals surface area contributed by atoms with Crippen molar-refractivity contribution in [3.8, 4) is 17.2 Å². The molecule has 3 aromatic carbocycles. The second-order valence-electron chi connectivity index (χ2n) is 9.59. The van der Waals surface area contributed by atoms with Gasteiger partial charge in [0.1, 0.15) is 30.0 Å². The van der Waals surface area contributed by atoms with E-state index in [4.69, 9.17) is 9.47 Å². The van der Waals surface area contributed by atoms with Crippen molar-refractivity contribution in [2.75, 3.05) is 32.9 Å². The first kappa shape index (κ1) is 22.6. The van der Waals surface area contributed by atoms with Crippen LogP contribution in [-0.4, -0.2) is 53.1 Å². The summed E-state index contributed by atoms with van der Waals surface area (Å²) >= 11 is 0. The van der Waals surface area contributed by atoms with E-state index < -0.39 is 0 Å². The molecule has 6 rings (SSSR count). The van der Waals surface area contributed by atoms with Crippen molar-refractivity contribution < 1.29 is 19.0 Å². The molecule has 0 amide bonds. The molecule has 0 spiro atoms. The third kappa shape index (κ3) is 4.20. The van der Waals surface area contributed by atoms with Gasteiger partial charge in [-0.25, -0.2) is 0 Å². The first-order chi connectivity index (χ1) is 17.6. The highest BCUT2D eigenvalue weighted by atomic mass is 19.1. The summed E-state index contributed by atoms with van der Waals surface area (Å²) in [5.74, 6) is 1.93. The molecule has 1 atom stereocenters. The Balaban J connectivity index is 1.28. The molecule has 1 saturated heterocycles. The molecular formula is C29H28FN3O3. The summed E-state index contributed by atoms with van der Waals surface area (Å²) in [6, 6.07) is 19.5. The molecular weight excluding hydrogens is 457 g/mol. The lowest BCUT2D eigenvalue weighted by Crippen LogP contribution is -2.49. The molecule has 1 unspecified atom stereocenters. The molecule has 2 aliphatic rings. The van der Waals surface area contributed by atoms with E-state index in [-0.39, 0.29) is 24.4 Å². The zero-order chi connectivity index (χ0) is 24.6. The van der Waals surface area contributed by atoms with Gasteiger partial charge in [0.25, 0.3) is 0 Å². The van der Waals surface area contributed by atoms with Gasteiger partial charge in [-0.1, -0.05) is 24.3 Å². The summed E-state index contributed by atoms with van der Waals surface area (Å²) < 4.78 is 25.1. The topological polar surface area (TPSA) is 70.6 Å². The first-order valence-electron chi connectivity index (χ1n) is 12.2. The predicted molar refractivity (Wildman–Crippen MR) is 138 cm³/mol. The number of phenolic OH excluding ortho intramolecular Hbond substituents is 1. The number of fused-ring (bicyclic) bond motifs is 2. The van der Waals surface area contributed by atoms with E-state index in [0.29, 0.717) is 6.61 Å². The number of allylic oxidation sites excluding steroid dienone is 1. The van der Waals surface area contributed by atoms with Crippen LogP contribution in [0.3, 0.4) is 0 Å². The Hall–Kier alpha value is -3.84. The average molecular weight is 486 g/mol. The van der Waals surface area contributed by atoms with Gasteiger partial charge in [-0.15, -0.1) is 0 Å². The molecule has 1 fully saturated rings. The van der Waals surface area contributed by atoms with E-state index in [0.717, 1.165) is 69.9 Å². The van der Waals surface area contributed by atoms with E-state index in [1.165, 1.54) is 0 Å². The Bertz CT molecular complexity index is 1420. The smallest absolute Gasteiger partial charge is 0.150 e. The molecule has 1 aromatic heterocycles. The second-order valence-corrected chi connectivity index (χ2v) is 9.59. The number of hydrogen-bond acceptors (Lipinski definition) is 5. The molecule has 7 heteroatoms. The van der Waals surface area contributed by atoms with Gasteiger partial charge < -0.3 is 14.6 Å². The molecule has 6 nitrogen and oxygen atoms in total. The zero-order valence-corrected chi connectivity index (χ0v) is 20.1. The summed E-state index contributed by atoms with van der Waals surface area (Å²) in [4.78, 5) is 2.21. The van der Waals surface area contributed by atoms with E-state index in [1.54, 1.807) is 12.1 Å². The Labute approximate surface area is 209 Å². The van der Waals surface area contributed by atoms with Crippen LogP contribution < -0.4 is 9.47 Å². The van der Waals surface area contributed by atoms with Crippen LogP contribution in [0.1, 0.15) is 29.7 Å². The van der Waals surface area contributed by atoms with Gasteiger partial charge in [-0.3, -0.25) is 14.4 Å². The van der Waals surface area contributed by atoms with E-state index in [9.17, 15) is 9.50 Å². The van der Waals surface area contributed by atoms with Crippen molar-refractivity contribution >= 4 is 22.0 Å². The molecule has 3 heterocycles. The lowest BCUT2D eigenvalue weighted by atomic mass is 9.86. The lowest BCUT2D eigenvalue weighted by Gasteiger charge is -2.37. The number of aromatic hydroxyl groups is 1. The molecule has 36 heavy (non-hydrogen) atoms. The van der Waals surface area contributed by atoms with Crippen molar-refractivity contribution in [3.63, 3.8) is 0 Å². The van der Waals surface area contributed by atoms with Gasteiger partial charge in [-0.2, -0.15) is 5.10 Å².